The number of rotatable bonds is 4. The third-order valence-corrected chi connectivity index (χ3v) is 3.56. The monoisotopic (exact) mass is 398 g/mol. The highest BCUT2D eigenvalue weighted by atomic mass is 19.4. The predicted octanol–water partition coefficient (Wildman–Crippen LogP) is -0.383. The second-order valence-electron chi connectivity index (χ2n) is 5.18. The van der Waals surface area contributed by atoms with E-state index in [1.807, 2.05) is 0 Å². The number of hydrogen-bond acceptors (Lipinski definition) is 6. The van der Waals surface area contributed by atoms with Crippen molar-refractivity contribution in [1.29, 1.82) is 0 Å². The maximum Gasteiger partial charge on any atom is 0.460 e. The molecule has 0 aromatic rings. The second-order valence-corrected chi connectivity index (χ2v) is 5.18. The lowest BCUT2D eigenvalue weighted by Gasteiger charge is -2.50. The highest BCUT2D eigenvalue weighted by molar-refractivity contribution is 5.12. The Morgan fingerprint density at radius 2 is 1.24 bits per heavy atom. The molecule has 5 atom stereocenters. The van der Waals surface area contributed by atoms with Crippen molar-refractivity contribution in [3.63, 3.8) is 0 Å². The van der Waals surface area contributed by atoms with Gasteiger partial charge in [-0.1, -0.05) is 0 Å². The van der Waals surface area contributed by atoms with Gasteiger partial charge in [-0.3, -0.25) is 0 Å². The molecule has 0 amide bonds. The molecule has 0 saturated carbocycles. The summed E-state index contributed by atoms with van der Waals surface area (Å²) < 4.78 is 120. The first-order valence-corrected chi connectivity index (χ1v) is 6.15. The summed E-state index contributed by atoms with van der Waals surface area (Å²) in [6.07, 6.45) is -18.8. The van der Waals surface area contributed by atoms with Crippen LogP contribution in [0.5, 0.6) is 0 Å². The van der Waals surface area contributed by atoms with Crippen molar-refractivity contribution in [1.82, 2.24) is 0 Å². The van der Waals surface area contributed by atoms with Crippen LogP contribution in [0.2, 0.25) is 0 Å². The van der Waals surface area contributed by atoms with Crippen molar-refractivity contribution in [3.8, 4) is 0 Å². The van der Waals surface area contributed by atoms with Crippen molar-refractivity contribution in [2.45, 2.75) is 54.1 Å². The summed E-state index contributed by atoms with van der Waals surface area (Å²) in [5, 5.41) is 45.9. The van der Waals surface area contributed by atoms with Gasteiger partial charge in [0, 0.05) is 0 Å². The number of alkyl halides is 9. The molecule has 6 nitrogen and oxygen atoms in total. The summed E-state index contributed by atoms with van der Waals surface area (Å²) in [7, 11) is 0. The van der Waals surface area contributed by atoms with Crippen LogP contribution in [0, 0.1) is 0 Å². The summed E-state index contributed by atoms with van der Waals surface area (Å²) >= 11 is 0. The van der Waals surface area contributed by atoms with E-state index < -0.39 is 60.8 Å². The van der Waals surface area contributed by atoms with Gasteiger partial charge in [0.15, 0.2) is 0 Å². The van der Waals surface area contributed by atoms with E-state index in [9.17, 15) is 59.9 Å². The first-order chi connectivity index (χ1) is 10.9. The lowest BCUT2D eigenvalue weighted by atomic mass is 9.84. The van der Waals surface area contributed by atoms with Gasteiger partial charge < -0.3 is 30.3 Å². The van der Waals surface area contributed by atoms with Gasteiger partial charge in [-0.2, -0.15) is 39.5 Å². The molecule has 0 aliphatic carbocycles. The summed E-state index contributed by atoms with van der Waals surface area (Å²) in [6.45, 7) is -1.56. The number of ether oxygens (including phenoxy) is 1. The largest absolute Gasteiger partial charge is 0.460 e. The lowest BCUT2D eigenvalue weighted by Crippen LogP contribution is -2.77. The molecule has 1 fully saturated rings. The molecule has 150 valence electrons. The fourth-order valence-electron chi connectivity index (χ4n) is 2.01. The molecule has 5 N–H and O–H groups in total. The molecule has 0 spiro atoms. The van der Waals surface area contributed by atoms with Gasteiger partial charge in [-0.15, -0.1) is 0 Å². The average molecular weight is 398 g/mol. The Labute approximate surface area is 132 Å². The fourth-order valence-corrected chi connectivity index (χ4v) is 2.01. The molecule has 0 unspecified atom stereocenters. The van der Waals surface area contributed by atoms with Gasteiger partial charge >= 0.3 is 23.9 Å². The van der Waals surface area contributed by atoms with E-state index in [-0.39, 0.29) is 0 Å². The van der Waals surface area contributed by atoms with E-state index in [2.05, 4.69) is 4.74 Å². The molecule has 1 aliphatic heterocycles. The van der Waals surface area contributed by atoms with Gasteiger partial charge in [0.2, 0.25) is 0 Å². The van der Waals surface area contributed by atoms with Crippen molar-refractivity contribution in [3.05, 3.63) is 0 Å². The highest BCUT2D eigenvalue weighted by Gasteiger charge is 2.88. The Hall–Kier alpha value is -0.870. The molecule has 1 rings (SSSR count). The third-order valence-electron chi connectivity index (χ3n) is 3.56. The van der Waals surface area contributed by atoms with Crippen LogP contribution in [0.4, 0.5) is 39.5 Å². The number of aliphatic hydroxyl groups is 5. The Bertz CT molecular complexity index is 496. The number of hydrogen-bond donors (Lipinski definition) is 5. The summed E-state index contributed by atoms with van der Waals surface area (Å²) in [5.74, 6) is -26.8. The van der Waals surface area contributed by atoms with E-state index >= 15 is 0 Å². The van der Waals surface area contributed by atoms with Crippen LogP contribution in [0.3, 0.4) is 0 Å². The van der Waals surface area contributed by atoms with Crippen molar-refractivity contribution < 1.29 is 69.8 Å². The van der Waals surface area contributed by atoms with Gasteiger partial charge in [-0.05, 0) is 0 Å². The minimum Gasteiger partial charge on any atom is -0.394 e. The quantitative estimate of drug-likeness (QED) is 0.413. The van der Waals surface area contributed by atoms with E-state index in [4.69, 9.17) is 5.11 Å². The van der Waals surface area contributed by atoms with Crippen LogP contribution in [0.25, 0.3) is 0 Å². The zero-order valence-corrected chi connectivity index (χ0v) is 11.6. The van der Waals surface area contributed by atoms with Gasteiger partial charge in [0.1, 0.15) is 24.4 Å². The highest BCUT2D eigenvalue weighted by Crippen LogP contribution is 2.57. The Balaban J connectivity index is 3.48. The van der Waals surface area contributed by atoms with E-state index in [0.717, 1.165) is 0 Å². The Kier molecular flexibility index (Phi) is 5.40. The van der Waals surface area contributed by atoms with Crippen LogP contribution >= 0.6 is 0 Å². The SMILES string of the molecule is OC[C@H]1O[C@@](O)(C(F)(F)C(F)(F)C(F)(F)C(F)(F)F)[C@H](O)[C@@H](O)[C@@H]1O. The third kappa shape index (κ3) is 2.86. The molecule has 25 heavy (non-hydrogen) atoms. The van der Waals surface area contributed by atoms with Crippen molar-refractivity contribution in [2.75, 3.05) is 6.61 Å². The van der Waals surface area contributed by atoms with Gasteiger partial charge in [0.25, 0.3) is 5.79 Å². The number of halogens is 9. The van der Waals surface area contributed by atoms with Crippen LogP contribution in [0.15, 0.2) is 0 Å². The molecule has 0 bridgehead atoms. The smallest absolute Gasteiger partial charge is 0.394 e. The molecule has 1 saturated heterocycles. The summed E-state index contributed by atoms with van der Waals surface area (Å²) in [5.41, 5.74) is 0. The van der Waals surface area contributed by atoms with Crippen LogP contribution in [0.1, 0.15) is 0 Å². The first kappa shape index (κ1) is 22.2. The molecule has 0 aromatic heterocycles. The molecule has 0 radical (unpaired) electrons. The van der Waals surface area contributed by atoms with Crippen LogP contribution in [-0.2, 0) is 4.74 Å². The summed E-state index contributed by atoms with van der Waals surface area (Å²) in [6, 6.07) is 0. The minimum absolute atomic E-state index is 1.56. The van der Waals surface area contributed by atoms with Crippen LogP contribution in [-0.4, -0.2) is 86.3 Å². The summed E-state index contributed by atoms with van der Waals surface area (Å²) in [4.78, 5) is 0. The van der Waals surface area contributed by atoms with E-state index in [1.165, 1.54) is 0 Å². The predicted molar refractivity (Wildman–Crippen MR) is 55.8 cm³/mol. The molecule has 15 heteroatoms. The maximum atomic E-state index is 13.8. The van der Waals surface area contributed by atoms with Crippen molar-refractivity contribution in [2.24, 2.45) is 0 Å². The van der Waals surface area contributed by atoms with Crippen molar-refractivity contribution >= 4 is 0 Å². The molecular weight excluding hydrogens is 387 g/mol. The normalized spacial score (nSPS) is 35.8. The first-order valence-electron chi connectivity index (χ1n) is 6.15. The van der Waals surface area contributed by atoms with E-state index in [0.29, 0.717) is 0 Å². The molecule has 1 heterocycles. The van der Waals surface area contributed by atoms with Crippen LogP contribution < -0.4 is 0 Å². The minimum atomic E-state index is -7.39. The second kappa shape index (κ2) is 6.09. The fraction of sp³-hybridized carbons (Fsp3) is 1.00. The molecule has 1 aliphatic rings. The van der Waals surface area contributed by atoms with E-state index in [1.54, 1.807) is 0 Å². The number of aliphatic hydroxyl groups excluding tert-OH is 4. The standard InChI is InChI=1S/C10H11F9O6/c11-7(12,8(13,14)9(15,16)10(17,18)19)6(24)5(23)4(22)3(21)2(1-20)25-6/h2-5,20-24H,1H2/t2-,3-,4+,5-,6-/m1/s1. The van der Waals surface area contributed by atoms with Gasteiger partial charge in [-0.25, -0.2) is 0 Å². The zero-order valence-electron chi connectivity index (χ0n) is 11.6. The Morgan fingerprint density at radius 1 is 0.800 bits per heavy atom. The molecular formula is C10H11F9O6. The average Bonchev–Trinajstić information content (AvgIpc) is 2.47. The Morgan fingerprint density at radius 3 is 1.60 bits per heavy atom. The topological polar surface area (TPSA) is 110 Å². The van der Waals surface area contributed by atoms with Gasteiger partial charge in [0.05, 0.1) is 6.61 Å². The lowest BCUT2D eigenvalue weighted by molar-refractivity contribution is -0.477. The molecule has 0 aromatic carbocycles. The maximum absolute atomic E-state index is 13.8. The zero-order chi connectivity index (χ0) is 20.2.